The number of ether oxygens (including phenoxy) is 1. The average Bonchev–Trinajstić information content (AvgIpc) is 3.05. The molecule has 1 aromatic heterocycles. The van der Waals surface area contributed by atoms with Crippen LogP contribution in [-0.2, 0) is 4.79 Å². The Labute approximate surface area is 181 Å². The molecule has 3 rings (SSSR count). The number of aryl methyl sites for hydroxylation is 2. The first kappa shape index (κ1) is 22.0. The largest absolute Gasteiger partial charge is 0.494 e. The predicted octanol–water partition coefficient (Wildman–Crippen LogP) is 6.49. The number of halogens is 1. The summed E-state index contributed by atoms with van der Waals surface area (Å²) in [6.07, 6.45) is 0.972. The van der Waals surface area contributed by atoms with Gasteiger partial charge in [0, 0.05) is 16.9 Å². The molecule has 0 atom stereocenters. The Bertz CT molecular complexity index is 1010. The Morgan fingerprint density at radius 2 is 1.90 bits per heavy atom. The van der Waals surface area contributed by atoms with E-state index in [1.54, 1.807) is 12.1 Å². The Morgan fingerprint density at radius 1 is 1.17 bits per heavy atom. The predicted molar refractivity (Wildman–Crippen MR) is 121 cm³/mol. The summed E-state index contributed by atoms with van der Waals surface area (Å²) in [5.74, 6) is 0.940. The molecular formula is C24H27FN2O2S. The maximum atomic E-state index is 13.1. The van der Waals surface area contributed by atoms with Crippen molar-refractivity contribution in [1.82, 2.24) is 4.98 Å². The molecule has 2 aromatic carbocycles. The van der Waals surface area contributed by atoms with Crippen LogP contribution in [0, 0.1) is 19.7 Å². The Morgan fingerprint density at radius 3 is 2.57 bits per heavy atom. The van der Waals surface area contributed by atoms with E-state index >= 15 is 0 Å². The van der Waals surface area contributed by atoms with Gasteiger partial charge in [0.15, 0.2) is 5.13 Å². The Hall–Kier alpha value is -2.73. The van der Waals surface area contributed by atoms with E-state index in [9.17, 15) is 9.18 Å². The smallest absolute Gasteiger partial charge is 0.226 e. The normalized spacial score (nSPS) is 11.0. The highest BCUT2D eigenvalue weighted by molar-refractivity contribution is 7.16. The van der Waals surface area contributed by atoms with E-state index in [0.29, 0.717) is 30.5 Å². The number of benzene rings is 2. The van der Waals surface area contributed by atoms with Crippen molar-refractivity contribution >= 4 is 22.4 Å². The summed E-state index contributed by atoms with van der Waals surface area (Å²) in [5, 5.41) is 3.40. The second-order valence-corrected chi connectivity index (χ2v) is 8.81. The summed E-state index contributed by atoms with van der Waals surface area (Å²) in [6.45, 7) is 8.85. The number of nitrogens with zero attached hydrogens (tertiary/aromatic N) is 1. The van der Waals surface area contributed by atoms with E-state index in [1.807, 2.05) is 19.1 Å². The summed E-state index contributed by atoms with van der Waals surface area (Å²) >= 11 is 1.41. The van der Waals surface area contributed by atoms with Gasteiger partial charge >= 0.3 is 0 Å². The molecule has 1 N–H and O–H groups in total. The molecule has 0 unspecified atom stereocenters. The Kier molecular flexibility index (Phi) is 7.21. The zero-order valence-electron chi connectivity index (χ0n) is 17.8. The van der Waals surface area contributed by atoms with Gasteiger partial charge in [0.05, 0.1) is 12.3 Å². The van der Waals surface area contributed by atoms with Gasteiger partial charge < -0.3 is 10.1 Å². The van der Waals surface area contributed by atoms with Crippen LogP contribution < -0.4 is 10.1 Å². The fourth-order valence-corrected chi connectivity index (χ4v) is 4.17. The summed E-state index contributed by atoms with van der Waals surface area (Å²) < 4.78 is 18.9. The van der Waals surface area contributed by atoms with Gasteiger partial charge in [-0.3, -0.25) is 4.79 Å². The molecule has 6 heteroatoms. The van der Waals surface area contributed by atoms with Crippen LogP contribution in [0.5, 0.6) is 5.75 Å². The van der Waals surface area contributed by atoms with E-state index in [4.69, 9.17) is 4.74 Å². The van der Waals surface area contributed by atoms with Gasteiger partial charge in [-0.25, -0.2) is 9.37 Å². The number of carbonyl (C=O) groups excluding carboxylic acids is 1. The maximum absolute atomic E-state index is 13.1. The van der Waals surface area contributed by atoms with Crippen molar-refractivity contribution < 1.29 is 13.9 Å². The van der Waals surface area contributed by atoms with Crippen molar-refractivity contribution in [1.29, 1.82) is 0 Å². The molecule has 0 saturated carbocycles. The number of carbonyl (C=O) groups is 1. The molecule has 158 valence electrons. The summed E-state index contributed by atoms with van der Waals surface area (Å²) in [7, 11) is 0. The summed E-state index contributed by atoms with van der Waals surface area (Å²) in [6, 6.07) is 12.3. The van der Waals surface area contributed by atoms with Crippen molar-refractivity contribution in [3.63, 3.8) is 0 Å². The molecule has 0 saturated heterocycles. The van der Waals surface area contributed by atoms with Crippen LogP contribution >= 0.6 is 11.3 Å². The first-order valence-corrected chi connectivity index (χ1v) is 10.9. The first-order chi connectivity index (χ1) is 14.3. The Balaban J connectivity index is 1.48. The highest BCUT2D eigenvalue weighted by Crippen LogP contribution is 2.30. The third-order valence-corrected chi connectivity index (χ3v) is 5.73. The van der Waals surface area contributed by atoms with E-state index < -0.39 is 0 Å². The first-order valence-electron chi connectivity index (χ1n) is 10.1. The van der Waals surface area contributed by atoms with Gasteiger partial charge in [0.25, 0.3) is 0 Å². The lowest BCUT2D eigenvalue weighted by atomic mass is 9.98. The lowest BCUT2D eigenvalue weighted by molar-refractivity contribution is -0.116. The fourth-order valence-electron chi connectivity index (χ4n) is 3.32. The molecule has 4 nitrogen and oxygen atoms in total. The fraction of sp³-hybridized carbons (Fsp3) is 0.333. The number of aromatic nitrogens is 1. The average molecular weight is 427 g/mol. The number of nitrogens with one attached hydrogen (secondary N) is 1. The van der Waals surface area contributed by atoms with Crippen molar-refractivity contribution in [2.24, 2.45) is 0 Å². The number of thiazole rings is 1. The minimum Gasteiger partial charge on any atom is -0.494 e. The van der Waals surface area contributed by atoms with Gasteiger partial charge in [0.1, 0.15) is 11.6 Å². The number of anilines is 1. The zero-order chi connectivity index (χ0) is 21.7. The molecule has 0 aliphatic heterocycles. The zero-order valence-corrected chi connectivity index (χ0v) is 18.6. The summed E-state index contributed by atoms with van der Waals surface area (Å²) in [4.78, 5) is 17.7. The van der Waals surface area contributed by atoms with Crippen LogP contribution in [0.25, 0.3) is 11.3 Å². The van der Waals surface area contributed by atoms with Gasteiger partial charge in [-0.15, -0.1) is 11.3 Å². The van der Waals surface area contributed by atoms with E-state index in [0.717, 1.165) is 21.9 Å². The molecular weight excluding hydrogens is 399 g/mol. The molecule has 0 aliphatic rings. The van der Waals surface area contributed by atoms with Gasteiger partial charge in [-0.2, -0.15) is 0 Å². The summed E-state index contributed by atoms with van der Waals surface area (Å²) in [5.41, 5.74) is 4.13. The lowest BCUT2D eigenvalue weighted by Gasteiger charge is -2.12. The van der Waals surface area contributed by atoms with Crippen LogP contribution in [0.15, 0.2) is 42.5 Å². The van der Waals surface area contributed by atoms with Crippen molar-refractivity contribution in [2.75, 3.05) is 11.9 Å². The van der Waals surface area contributed by atoms with E-state index in [2.05, 4.69) is 37.1 Å². The van der Waals surface area contributed by atoms with E-state index in [1.165, 1.54) is 34.6 Å². The molecule has 1 heterocycles. The molecule has 3 aromatic rings. The van der Waals surface area contributed by atoms with Crippen LogP contribution in [0.4, 0.5) is 9.52 Å². The number of amides is 1. The third kappa shape index (κ3) is 5.66. The van der Waals surface area contributed by atoms with Gasteiger partial charge in [0.2, 0.25) is 5.91 Å². The van der Waals surface area contributed by atoms with Gasteiger partial charge in [-0.1, -0.05) is 19.9 Å². The van der Waals surface area contributed by atoms with E-state index in [-0.39, 0.29) is 11.7 Å². The molecule has 0 aliphatic carbocycles. The highest BCUT2D eigenvalue weighted by atomic mass is 32.1. The minimum absolute atomic E-state index is 0.0932. The second kappa shape index (κ2) is 9.85. The number of hydrogen-bond donors (Lipinski definition) is 1. The molecule has 1 amide bonds. The van der Waals surface area contributed by atoms with Crippen LogP contribution in [0.3, 0.4) is 0 Å². The van der Waals surface area contributed by atoms with Gasteiger partial charge in [-0.05, 0) is 73.7 Å². The molecule has 0 fully saturated rings. The van der Waals surface area contributed by atoms with Crippen molar-refractivity contribution in [2.45, 2.75) is 46.5 Å². The molecule has 30 heavy (non-hydrogen) atoms. The third-order valence-electron chi connectivity index (χ3n) is 4.84. The number of rotatable bonds is 8. The second-order valence-electron chi connectivity index (χ2n) is 7.60. The van der Waals surface area contributed by atoms with Crippen molar-refractivity contribution in [3.8, 4) is 17.0 Å². The molecule has 0 radical (unpaired) electrons. The highest BCUT2D eigenvalue weighted by Gasteiger charge is 2.12. The maximum Gasteiger partial charge on any atom is 0.226 e. The lowest BCUT2D eigenvalue weighted by Crippen LogP contribution is -2.12. The molecule has 0 spiro atoms. The molecule has 0 bridgehead atoms. The number of hydrogen-bond acceptors (Lipinski definition) is 4. The minimum atomic E-state index is -0.284. The van der Waals surface area contributed by atoms with Crippen LogP contribution in [-0.4, -0.2) is 17.5 Å². The standard InChI is InChI=1S/C24H27FN2O2S/c1-15(2)21-12-11-20(14-16(21)3)29-13-5-6-22(28)26-24-27-23(17(4)30-24)18-7-9-19(25)10-8-18/h7-12,14-15H,5-6,13H2,1-4H3,(H,26,27,28). The van der Waals surface area contributed by atoms with Crippen LogP contribution in [0.2, 0.25) is 0 Å². The quantitative estimate of drug-likeness (QED) is 0.419. The van der Waals surface area contributed by atoms with Crippen LogP contribution in [0.1, 0.15) is 48.6 Å². The topological polar surface area (TPSA) is 51.2 Å². The SMILES string of the molecule is Cc1cc(OCCCC(=O)Nc2nc(-c3ccc(F)cc3)c(C)s2)ccc1C(C)C. The monoisotopic (exact) mass is 426 g/mol. The van der Waals surface area contributed by atoms with Crippen molar-refractivity contribution in [3.05, 3.63) is 64.3 Å².